The van der Waals surface area contributed by atoms with Crippen molar-refractivity contribution in [2.45, 2.75) is 6.43 Å². The highest BCUT2D eigenvalue weighted by atomic mass is 19.3. The van der Waals surface area contributed by atoms with Crippen LogP contribution in [0.25, 0.3) is 28.5 Å². The largest absolute Gasteiger partial charge is 0.494 e. The molecule has 0 spiro atoms. The fraction of sp³-hybridized carbons (Fsp3) is 0.300. The van der Waals surface area contributed by atoms with Gasteiger partial charge in [0.25, 0.3) is 6.43 Å². The van der Waals surface area contributed by atoms with Crippen LogP contribution in [0.5, 0.6) is 5.75 Å². The standard InChI is InChI=1S/C20H20F2N10O2/c1-33-11-4-2-3-10-13(11)27-18(15(21)22)32(10)20-29-17(14-16(24)25-9-12(23)26-14)28-19(30-20)31-5-7-34-8-6-31/h2-4,9,15H,5-8H2,1H3,(H2,23,26)(H2,24,25). The molecule has 12 nitrogen and oxygen atoms in total. The van der Waals surface area contributed by atoms with Crippen LogP contribution in [0, 0.1) is 0 Å². The Morgan fingerprint density at radius 3 is 2.53 bits per heavy atom. The molecule has 0 bridgehead atoms. The molecule has 1 fully saturated rings. The first-order valence-electron chi connectivity index (χ1n) is 10.3. The third-order valence-corrected chi connectivity index (χ3v) is 5.23. The number of hydrogen-bond acceptors (Lipinski definition) is 11. The molecule has 0 amide bonds. The lowest BCUT2D eigenvalue weighted by atomic mass is 10.3. The molecule has 176 valence electrons. The summed E-state index contributed by atoms with van der Waals surface area (Å²) < 4.78 is 40.1. The molecule has 4 aromatic rings. The Labute approximate surface area is 191 Å². The predicted octanol–water partition coefficient (Wildman–Crippen LogP) is 1.61. The Morgan fingerprint density at radius 1 is 1.03 bits per heavy atom. The van der Waals surface area contributed by atoms with Gasteiger partial charge in [-0.05, 0) is 12.1 Å². The molecule has 0 saturated carbocycles. The molecule has 1 saturated heterocycles. The van der Waals surface area contributed by atoms with Crippen molar-refractivity contribution in [3.63, 3.8) is 0 Å². The van der Waals surface area contributed by atoms with Gasteiger partial charge in [0.05, 0.1) is 32.0 Å². The smallest absolute Gasteiger partial charge is 0.296 e. The molecular formula is C20H20F2N10O2. The van der Waals surface area contributed by atoms with E-state index in [2.05, 4.69) is 29.9 Å². The van der Waals surface area contributed by atoms with Crippen LogP contribution in [0.15, 0.2) is 24.4 Å². The number of benzene rings is 1. The summed E-state index contributed by atoms with van der Waals surface area (Å²) in [5, 5.41) is 0. The number of anilines is 3. The number of para-hydroxylation sites is 1. The van der Waals surface area contributed by atoms with E-state index in [4.69, 9.17) is 20.9 Å². The van der Waals surface area contributed by atoms with Crippen molar-refractivity contribution in [2.24, 2.45) is 0 Å². The highest BCUT2D eigenvalue weighted by Gasteiger charge is 2.26. The van der Waals surface area contributed by atoms with E-state index in [-0.39, 0.29) is 40.6 Å². The number of nitrogen functional groups attached to an aromatic ring is 2. The minimum absolute atomic E-state index is 0.0329. The number of fused-ring (bicyclic) bond motifs is 1. The monoisotopic (exact) mass is 470 g/mol. The number of methoxy groups -OCH3 is 1. The Bertz CT molecular complexity index is 1360. The first kappa shape index (κ1) is 21.6. The summed E-state index contributed by atoms with van der Waals surface area (Å²) in [5.74, 6) is 0.130. The van der Waals surface area contributed by atoms with E-state index in [0.29, 0.717) is 37.6 Å². The van der Waals surface area contributed by atoms with Gasteiger partial charge in [-0.2, -0.15) is 15.0 Å². The number of nitrogens with two attached hydrogens (primary N) is 2. The molecule has 1 aliphatic rings. The van der Waals surface area contributed by atoms with Crippen LogP contribution in [0.2, 0.25) is 0 Å². The summed E-state index contributed by atoms with van der Waals surface area (Å²) in [4.78, 5) is 27.6. The average Bonchev–Trinajstić information content (AvgIpc) is 3.26. The lowest BCUT2D eigenvalue weighted by Gasteiger charge is -2.27. The van der Waals surface area contributed by atoms with Gasteiger partial charge in [0.1, 0.15) is 17.1 Å². The number of aromatic nitrogens is 7. The zero-order chi connectivity index (χ0) is 23.8. The zero-order valence-electron chi connectivity index (χ0n) is 18.0. The van der Waals surface area contributed by atoms with Gasteiger partial charge in [0.2, 0.25) is 11.9 Å². The van der Waals surface area contributed by atoms with E-state index < -0.39 is 12.2 Å². The Morgan fingerprint density at radius 2 is 1.79 bits per heavy atom. The van der Waals surface area contributed by atoms with E-state index in [1.54, 1.807) is 18.2 Å². The zero-order valence-corrected chi connectivity index (χ0v) is 18.0. The fourth-order valence-electron chi connectivity index (χ4n) is 3.65. The van der Waals surface area contributed by atoms with E-state index in [0.717, 1.165) is 0 Å². The fourth-order valence-corrected chi connectivity index (χ4v) is 3.65. The minimum Gasteiger partial charge on any atom is -0.494 e. The van der Waals surface area contributed by atoms with Crippen LogP contribution in [-0.4, -0.2) is 67.9 Å². The number of alkyl halides is 2. The second kappa shape index (κ2) is 8.62. The Balaban J connectivity index is 1.78. The third kappa shape index (κ3) is 3.77. The summed E-state index contributed by atoms with van der Waals surface area (Å²) in [7, 11) is 1.44. The normalized spacial score (nSPS) is 14.2. The van der Waals surface area contributed by atoms with Crippen LogP contribution in [0.1, 0.15) is 12.2 Å². The predicted molar refractivity (Wildman–Crippen MR) is 119 cm³/mol. The summed E-state index contributed by atoms with van der Waals surface area (Å²) in [6.07, 6.45) is -1.62. The van der Waals surface area contributed by atoms with Crippen LogP contribution < -0.4 is 21.1 Å². The van der Waals surface area contributed by atoms with Crippen LogP contribution in [0.4, 0.5) is 26.4 Å². The lowest BCUT2D eigenvalue weighted by Crippen LogP contribution is -2.37. The molecule has 14 heteroatoms. The van der Waals surface area contributed by atoms with Gasteiger partial charge >= 0.3 is 0 Å². The summed E-state index contributed by atoms with van der Waals surface area (Å²) in [6.45, 7) is 1.93. The van der Waals surface area contributed by atoms with Crippen molar-refractivity contribution in [3.8, 4) is 23.2 Å². The SMILES string of the molecule is COc1cccc2c1nc(C(F)F)n2-c1nc(-c2nc(N)cnc2N)nc(N2CCOCC2)n1. The molecule has 0 aliphatic carbocycles. The highest BCUT2D eigenvalue weighted by molar-refractivity contribution is 5.84. The van der Waals surface area contributed by atoms with Gasteiger partial charge in [-0.3, -0.25) is 4.57 Å². The topological polar surface area (TPSA) is 156 Å². The number of rotatable bonds is 5. The number of imidazole rings is 1. The number of halogens is 2. The first-order valence-corrected chi connectivity index (χ1v) is 10.3. The van der Waals surface area contributed by atoms with Gasteiger partial charge in [-0.1, -0.05) is 6.07 Å². The van der Waals surface area contributed by atoms with Gasteiger partial charge in [-0.15, -0.1) is 0 Å². The molecule has 4 heterocycles. The number of hydrogen-bond donors (Lipinski definition) is 2. The maximum Gasteiger partial charge on any atom is 0.296 e. The number of nitrogens with zero attached hydrogens (tertiary/aromatic N) is 8. The second-order valence-corrected chi connectivity index (χ2v) is 7.32. The molecular weight excluding hydrogens is 450 g/mol. The van der Waals surface area contributed by atoms with E-state index in [1.807, 2.05) is 4.90 Å². The molecule has 1 aliphatic heterocycles. The molecule has 0 unspecified atom stereocenters. The highest BCUT2D eigenvalue weighted by Crippen LogP contribution is 2.32. The average molecular weight is 470 g/mol. The van der Waals surface area contributed by atoms with Gasteiger partial charge < -0.3 is 25.8 Å². The molecule has 34 heavy (non-hydrogen) atoms. The minimum atomic E-state index is -2.92. The van der Waals surface area contributed by atoms with Crippen molar-refractivity contribution in [3.05, 3.63) is 30.2 Å². The second-order valence-electron chi connectivity index (χ2n) is 7.32. The molecule has 4 N–H and O–H groups in total. The summed E-state index contributed by atoms with van der Waals surface area (Å²) >= 11 is 0. The molecule has 5 rings (SSSR count). The number of morpholine rings is 1. The molecule has 3 aromatic heterocycles. The van der Waals surface area contributed by atoms with Gasteiger partial charge in [-0.25, -0.2) is 23.7 Å². The van der Waals surface area contributed by atoms with E-state index in [9.17, 15) is 8.78 Å². The summed E-state index contributed by atoms with van der Waals surface area (Å²) in [6, 6.07) is 4.93. The Kier molecular flexibility index (Phi) is 5.49. The first-order chi connectivity index (χ1) is 16.5. The lowest BCUT2D eigenvalue weighted by molar-refractivity contribution is 0.122. The van der Waals surface area contributed by atoms with Crippen LogP contribution >= 0.6 is 0 Å². The Hall–Kier alpha value is -4.20. The number of ether oxygens (including phenoxy) is 2. The van der Waals surface area contributed by atoms with E-state index in [1.165, 1.54) is 17.9 Å². The van der Waals surface area contributed by atoms with Crippen molar-refractivity contribution in [2.75, 3.05) is 49.8 Å². The quantitative estimate of drug-likeness (QED) is 0.437. The van der Waals surface area contributed by atoms with Crippen molar-refractivity contribution < 1.29 is 18.3 Å². The van der Waals surface area contributed by atoms with Crippen molar-refractivity contribution in [1.82, 2.24) is 34.5 Å². The maximum absolute atomic E-state index is 14.1. The van der Waals surface area contributed by atoms with Gasteiger partial charge in [0.15, 0.2) is 23.2 Å². The van der Waals surface area contributed by atoms with E-state index >= 15 is 0 Å². The van der Waals surface area contributed by atoms with Crippen molar-refractivity contribution >= 4 is 28.6 Å². The van der Waals surface area contributed by atoms with Gasteiger partial charge in [0, 0.05) is 13.1 Å². The molecule has 0 atom stereocenters. The van der Waals surface area contributed by atoms with Crippen molar-refractivity contribution in [1.29, 1.82) is 0 Å². The molecule has 1 aromatic carbocycles. The maximum atomic E-state index is 14.1. The summed E-state index contributed by atoms with van der Waals surface area (Å²) in [5.41, 5.74) is 12.5. The third-order valence-electron chi connectivity index (χ3n) is 5.23. The van der Waals surface area contributed by atoms with Crippen LogP contribution in [-0.2, 0) is 4.74 Å². The van der Waals surface area contributed by atoms with Crippen LogP contribution in [0.3, 0.4) is 0 Å². The molecule has 0 radical (unpaired) electrons.